The number of anilines is 1. The van der Waals surface area contributed by atoms with Gasteiger partial charge < -0.3 is 14.9 Å². The van der Waals surface area contributed by atoms with Crippen molar-refractivity contribution in [1.82, 2.24) is 9.38 Å². The largest absolute Gasteiger partial charge is 0.441 e. The number of hydrogen-bond acceptors (Lipinski definition) is 4. The molecule has 2 aliphatic rings. The zero-order valence-electron chi connectivity index (χ0n) is 13.3. The lowest BCUT2D eigenvalue weighted by molar-refractivity contribution is 0.0871. The van der Waals surface area contributed by atoms with E-state index >= 15 is 0 Å². The molecule has 1 aliphatic heterocycles. The summed E-state index contributed by atoms with van der Waals surface area (Å²) in [4.78, 5) is 18.5. The molecule has 0 spiro atoms. The molecule has 1 aliphatic carbocycles. The van der Waals surface area contributed by atoms with E-state index in [-0.39, 0.29) is 18.5 Å². The molecule has 23 heavy (non-hydrogen) atoms. The highest BCUT2D eigenvalue weighted by molar-refractivity contribution is 5.94. The number of halogens is 1. The fourth-order valence-electron chi connectivity index (χ4n) is 3.04. The minimum atomic E-state index is -0.479. The molecule has 0 bridgehead atoms. The normalized spacial score (nSPS) is 19.8. The van der Waals surface area contributed by atoms with E-state index in [1.807, 2.05) is 24.4 Å². The molecule has 1 saturated heterocycles. The van der Waals surface area contributed by atoms with Crippen LogP contribution in [0.1, 0.15) is 43.9 Å². The van der Waals surface area contributed by atoms with Gasteiger partial charge in [0.25, 0.3) is 0 Å². The minimum absolute atomic E-state index is 0. The number of fused-ring (bicyclic) bond motifs is 1. The summed E-state index contributed by atoms with van der Waals surface area (Å²) in [6.45, 7) is 4.75. The molecular formula is C16H21ClN4O2. The van der Waals surface area contributed by atoms with E-state index in [4.69, 9.17) is 10.5 Å². The summed E-state index contributed by atoms with van der Waals surface area (Å²) >= 11 is 0. The molecule has 1 amide bonds. The third kappa shape index (κ3) is 2.77. The standard InChI is InChI=1S/C16H20N4O2.ClH/c1-16(2)9-20(15(21)22-16)13-5-11(10-3-4-10)7-19-8-12(6-17)18-14(13)19;/h5,7-8,10H,3-4,6,9,17H2,1-2H3;1H. The second kappa shape index (κ2) is 5.39. The Balaban J connectivity index is 0.00000156. The predicted octanol–water partition coefficient (Wildman–Crippen LogP) is 2.83. The molecule has 0 aromatic carbocycles. The van der Waals surface area contributed by atoms with Crippen molar-refractivity contribution in [1.29, 1.82) is 0 Å². The Morgan fingerprint density at radius 3 is 2.70 bits per heavy atom. The summed E-state index contributed by atoms with van der Waals surface area (Å²) in [5.41, 5.74) is 8.89. The second-order valence-electron chi connectivity index (χ2n) is 6.81. The van der Waals surface area contributed by atoms with Gasteiger partial charge in [-0.25, -0.2) is 9.78 Å². The summed E-state index contributed by atoms with van der Waals surface area (Å²) < 4.78 is 7.43. The molecule has 6 nitrogen and oxygen atoms in total. The van der Waals surface area contributed by atoms with Gasteiger partial charge in [0.05, 0.1) is 17.9 Å². The highest BCUT2D eigenvalue weighted by Gasteiger charge is 2.40. The molecular weight excluding hydrogens is 316 g/mol. The van der Waals surface area contributed by atoms with Crippen molar-refractivity contribution in [3.8, 4) is 0 Å². The number of pyridine rings is 1. The monoisotopic (exact) mass is 336 g/mol. The Morgan fingerprint density at radius 2 is 2.13 bits per heavy atom. The number of nitrogens with two attached hydrogens (primary N) is 1. The lowest BCUT2D eigenvalue weighted by Crippen LogP contribution is -2.28. The zero-order chi connectivity index (χ0) is 15.5. The fourth-order valence-corrected chi connectivity index (χ4v) is 3.04. The van der Waals surface area contributed by atoms with Gasteiger partial charge in [-0.15, -0.1) is 12.4 Å². The Kier molecular flexibility index (Phi) is 3.77. The number of carbonyl (C=O) groups is 1. The van der Waals surface area contributed by atoms with E-state index in [0.29, 0.717) is 19.0 Å². The number of amides is 1. The number of cyclic esters (lactones) is 1. The summed E-state index contributed by atoms with van der Waals surface area (Å²) in [7, 11) is 0. The molecule has 2 aromatic heterocycles. The zero-order valence-corrected chi connectivity index (χ0v) is 14.1. The van der Waals surface area contributed by atoms with Crippen molar-refractivity contribution in [2.75, 3.05) is 11.4 Å². The van der Waals surface area contributed by atoms with Crippen LogP contribution >= 0.6 is 12.4 Å². The average molecular weight is 337 g/mol. The van der Waals surface area contributed by atoms with E-state index in [2.05, 4.69) is 17.2 Å². The Morgan fingerprint density at radius 1 is 1.39 bits per heavy atom. The quantitative estimate of drug-likeness (QED) is 0.935. The molecule has 0 atom stereocenters. The molecule has 0 unspecified atom stereocenters. The van der Waals surface area contributed by atoms with Crippen molar-refractivity contribution in [3.63, 3.8) is 0 Å². The van der Waals surface area contributed by atoms with Crippen LogP contribution in [0.15, 0.2) is 18.5 Å². The number of aromatic nitrogens is 2. The maximum atomic E-state index is 12.2. The van der Waals surface area contributed by atoms with Crippen molar-refractivity contribution in [2.45, 2.75) is 44.8 Å². The molecule has 3 heterocycles. The lowest BCUT2D eigenvalue weighted by atomic mass is 10.1. The van der Waals surface area contributed by atoms with Gasteiger partial charge in [0.15, 0.2) is 5.65 Å². The smallest absolute Gasteiger partial charge is 0.415 e. The number of ether oxygens (including phenoxy) is 1. The summed E-state index contributed by atoms with van der Waals surface area (Å²) in [5, 5.41) is 0. The van der Waals surface area contributed by atoms with Gasteiger partial charge in [0.2, 0.25) is 0 Å². The van der Waals surface area contributed by atoms with Gasteiger partial charge in [0.1, 0.15) is 5.60 Å². The van der Waals surface area contributed by atoms with Gasteiger partial charge in [-0.2, -0.15) is 0 Å². The van der Waals surface area contributed by atoms with Gasteiger partial charge >= 0.3 is 6.09 Å². The molecule has 7 heteroatoms. The van der Waals surface area contributed by atoms with Gasteiger partial charge in [-0.05, 0) is 44.2 Å². The van der Waals surface area contributed by atoms with Gasteiger partial charge in [-0.1, -0.05) is 0 Å². The first kappa shape index (κ1) is 16.1. The highest BCUT2D eigenvalue weighted by Crippen LogP contribution is 2.42. The molecule has 2 aromatic rings. The molecule has 124 valence electrons. The number of imidazole rings is 1. The predicted molar refractivity (Wildman–Crippen MR) is 90.2 cm³/mol. The van der Waals surface area contributed by atoms with Crippen LogP contribution < -0.4 is 10.6 Å². The van der Waals surface area contributed by atoms with E-state index < -0.39 is 5.60 Å². The van der Waals surface area contributed by atoms with E-state index in [9.17, 15) is 4.79 Å². The van der Waals surface area contributed by atoms with Crippen LogP contribution in [0.5, 0.6) is 0 Å². The van der Waals surface area contributed by atoms with Crippen molar-refractivity contribution in [2.24, 2.45) is 5.73 Å². The first-order valence-corrected chi connectivity index (χ1v) is 7.69. The molecule has 2 fully saturated rings. The van der Waals surface area contributed by atoms with Crippen LogP contribution in [0.3, 0.4) is 0 Å². The van der Waals surface area contributed by atoms with E-state index in [1.54, 1.807) is 4.90 Å². The van der Waals surface area contributed by atoms with Crippen molar-refractivity contribution < 1.29 is 9.53 Å². The number of rotatable bonds is 3. The third-order valence-electron chi connectivity index (χ3n) is 4.27. The molecule has 4 rings (SSSR count). The van der Waals surface area contributed by atoms with Crippen molar-refractivity contribution >= 4 is 29.8 Å². The maximum Gasteiger partial charge on any atom is 0.415 e. The fraction of sp³-hybridized carbons (Fsp3) is 0.500. The van der Waals surface area contributed by atoms with Crippen LogP contribution in [-0.2, 0) is 11.3 Å². The highest BCUT2D eigenvalue weighted by atomic mass is 35.5. The first-order chi connectivity index (χ1) is 10.5. The number of carbonyl (C=O) groups excluding carboxylic acids is 1. The Labute approximate surface area is 141 Å². The maximum absolute atomic E-state index is 12.2. The number of hydrogen-bond donors (Lipinski definition) is 1. The Bertz CT molecular complexity index is 767. The van der Waals surface area contributed by atoms with Gasteiger partial charge in [-0.3, -0.25) is 4.90 Å². The third-order valence-corrected chi connectivity index (χ3v) is 4.27. The molecule has 2 N–H and O–H groups in total. The SMILES string of the molecule is CC1(C)CN(c2cc(C3CC3)cn3cc(CN)nc23)C(=O)O1.Cl. The van der Waals surface area contributed by atoms with Crippen molar-refractivity contribution in [3.05, 3.63) is 29.7 Å². The van der Waals surface area contributed by atoms with Crippen LogP contribution in [0.4, 0.5) is 10.5 Å². The molecule has 0 radical (unpaired) electrons. The van der Waals surface area contributed by atoms with Crippen LogP contribution in [-0.4, -0.2) is 27.6 Å². The average Bonchev–Trinajstić information content (AvgIpc) is 3.16. The van der Waals surface area contributed by atoms with Crippen LogP contribution in [0.2, 0.25) is 0 Å². The second-order valence-corrected chi connectivity index (χ2v) is 6.81. The first-order valence-electron chi connectivity index (χ1n) is 7.69. The minimum Gasteiger partial charge on any atom is -0.441 e. The number of nitrogens with zero attached hydrogens (tertiary/aromatic N) is 3. The summed E-state index contributed by atoms with van der Waals surface area (Å²) in [6, 6.07) is 2.09. The topological polar surface area (TPSA) is 72.9 Å². The van der Waals surface area contributed by atoms with Crippen LogP contribution in [0, 0.1) is 0 Å². The van der Waals surface area contributed by atoms with E-state index in [0.717, 1.165) is 17.0 Å². The summed E-state index contributed by atoms with van der Waals surface area (Å²) in [6.07, 6.45) is 6.16. The van der Waals surface area contributed by atoms with E-state index in [1.165, 1.54) is 18.4 Å². The Hall–Kier alpha value is -1.79. The molecule has 1 saturated carbocycles. The summed E-state index contributed by atoms with van der Waals surface area (Å²) in [5.74, 6) is 0.596. The van der Waals surface area contributed by atoms with Gasteiger partial charge in [0, 0.05) is 18.9 Å². The lowest BCUT2D eigenvalue weighted by Gasteiger charge is -2.17. The van der Waals surface area contributed by atoms with Crippen LogP contribution in [0.25, 0.3) is 5.65 Å².